The van der Waals surface area contributed by atoms with E-state index in [-0.39, 0.29) is 24.2 Å². The van der Waals surface area contributed by atoms with E-state index in [1.807, 2.05) is 44.2 Å². The van der Waals surface area contributed by atoms with E-state index in [0.29, 0.717) is 13.1 Å². The van der Waals surface area contributed by atoms with E-state index in [4.69, 9.17) is 0 Å². The first kappa shape index (κ1) is 17.4. The van der Waals surface area contributed by atoms with Gasteiger partial charge in [-0.05, 0) is 31.4 Å². The van der Waals surface area contributed by atoms with Crippen molar-refractivity contribution in [2.45, 2.75) is 46.6 Å². The maximum absolute atomic E-state index is 12.9. The number of amides is 1. The summed E-state index contributed by atoms with van der Waals surface area (Å²) in [5, 5.41) is 4.44. The molecule has 1 amide bonds. The number of hydrogen-bond acceptors (Lipinski definition) is 3. The minimum absolute atomic E-state index is 0.0394. The van der Waals surface area contributed by atoms with E-state index >= 15 is 0 Å². The number of aromatic nitrogens is 2. The van der Waals surface area contributed by atoms with Crippen LogP contribution in [0.5, 0.6) is 0 Å². The minimum Gasteiger partial charge on any atom is -0.338 e. The molecule has 5 heteroatoms. The van der Waals surface area contributed by atoms with Crippen molar-refractivity contribution in [3.05, 3.63) is 52.8 Å². The molecule has 25 heavy (non-hydrogen) atoms. The van der Waals surface area contributed by atoms with Gasteiger partial charge in [0.05, 0.1) is 11.6 Å². The first-order valence-electron chi connectivity index (χ1n) is 8.92. The number of benzene rings is 1. The highest BCUT2D eigenvalue weighted by atomic mass is 16.2. The van der Waals surface area contributed by atoms with Gasteiger partial charge in [-0.25, -0.2) is 4.68 Å². The smallest absolute Gasteiger partial charge is 0.252 e. The second-order valence-electron chi connectivity index (χ2n) is 6.81. The molecule has 1 fully saturated rings. The highest BCUT2D eigenvalue weighted by molar-refractivity contribution is 5.90. The normalized spacial score (nSPS) is 17.3. The zero-order valence-electron chi connectivity index (χ0n) is 15.2. The SMILES string of the molecule is CCCc1c(C)nn(C(=O)C2CC(=O)N(Cc3ccccc3)C2)c1C. The minimum atomic E-state index is -0.316. The van der Waals surface area contributed by atoms with Crippen LogP contribution in [0.2, 0.25) is 0 Å². The molecule has 0 radical (unpaired) electrons. The number of likely N-dealkylation sites (tertiary alicyclic amines) is 1. The van der Waals surface area contributed by atoms with Gasteiger partial charge in [-0.15, -0.1) is 0 Å². The van der Waals surface area contributed by atoms with Crippen molar-refractivity contribution in [3.63, 3.8) is 0 Å². The molecule has 132 valence electrons. The number of aryl methyl sites for hydroxylation is 1. The average Bonchev–Trinajstić information content (AvgIpc) is 3.10. The Balaban J connectivity index is 1.74. The van der Waals surface area contributed by atoms with Crippen LogP contribution in [-0.4, -0.2) is 33.0 Å². The van der Waals surface area contributed by atoms with E-state index < -0.39 is 0 Å². The lowest BCUT2D eigenvalue weighted by Gasteiger charge is -2.16. The Morgan fingerprint density at radius 3 is 2.64 bits per heavy atom. The van der Waals surface area contributed by atoms with Crippen molar-refractivity contribution in [1.82, 2.24) is 14.7 Å². The molecule has 0 bridgehead atoms. The second-order valence-corrected chi connectivity index (χ2v) is 6.81. The summed E-state index contributed by atoms with van der Waals surface area (Å²) in [7, 11) is 0. The summed E-state index contributed by atoms with van der Waals surface area (Å²) in [5.41, 5.74) is 4.07. The van der Waals surface area contributed by atoms with Crippen molar-refractivity contribution >= 4 is 11.8 Å². The van der Waals surface area contributed by atoms with E-state index in [1.54, 1.807) is 4.90 Å². The molecule has 1 unspecified atom stereocenters. The topological polar surface area (TPSA) is 55.2 Å². The van der Waals surface area contributed by atoms with Crippen LogP contribution in [0, 0.1) is 19.8 Å². The molecule has 2 heterocycles. The van der Waals surface area contributed by atoms with Crippen LogP contribution in [-0.2, 0) is 17.8 Å². The molecule has 2 aromatic rings. The highest BCUT2D eigenvalue weighted by Gasteiger charge is 2.36. The van der Waals surface area contributed by atoms with Crippen molar-refractivity contribution in [1.29, 1.82) is 0 Å². The van der Waals surface area contributed by atoms with E-state index in [9.17, 15) is 9.59 Å². The molecule has 1 atom stereocenters. The molecule has 1 saturated heterocycles. The summed E-state index contributed by atoms with van der Waals surface area (Å²) in [4.78, 5) is 27.0. The monoisotopic (exact) mass is 339 g/mol. The van der Waals surface area contributed by atoms with Crippen LogP contribution in [0.15, 0.2) is 30.3 Å². The van der Waals surface area contributed by atoms with Gasteiger partial charge < -0.3 is 4.90 Å². The van der Waals surface area contributed by atoms with Gasteiger partial charge in [-0.1, -0.05) is 43.7 Å². The first-order valence-corrected chi connectivity index (χ1v) is 8.92. The van der Waals surface area contributed by atoms with Crippen molar-refractivity contribution in [3.8, 4) is 0 Å². The molecule has 5 nitrogen and oxygen atoms in total. The van der Waals surface area contributed by atoms with Gasteiger partial charge in [0.25, 0.3) is 5.91 Å². The third-order valence-corrected chi connectivity index (χ3v) is 4.93. The van der Waals surface area contributed by atoms with Crippen LogP contribution in [0.4, 0.5) is 0 Å². The number of rotatable bonds is 5. The van der Waals surface area contributed by atoms with Gasteiger partial charge in [0.2, 0.25) is 5.91 Å². The molecule has 1 aromatic carbocycles. The van der Waals surface area contributed by atoms with E-state index in [0.717, 1.165) is 35.4 Å². The Hall–Kier alpha value is -2.43. The van der Waals surface area contributed by atoms with Crippen LogP contribution in [0.3, 0.4) is 0 Å². The van der Waals surface area contributed by atoms with Crippen LogP contribution < -0.4 is 0 Å². The lowest BCUT2D eigenvalue weighted by molar-refractivity contribution is -0.128. The van der Waals surface area contributed by atoms with Gasteiger partial charge in [-0.2, -0.15) is 5.10 Å². The molecular formula is C20H25N3O2. The zero-order valence-corrected chi connectivity index (χ0v) is 15.2. The molecule has 1 aromatic heterocycles. The van der Waals surface area contributed by atoms with Crippen LogP contribution >= 0.6 is 0 Å². The van der Waals surface area contributed by atoms with Gasteiger partial charge in [-0.3, -0.25) is 9.59 Å². The number of hydrogen-bond donors (Lipinski definition) is 0. The summed E-state index contributed by atoms with van der Waals surface area (Å²) in [6, 6.07) is 9.88. The lowest BCUT2D eigenvalue weighted by atomic mass is 10.1. The molecule has 0 N–H and O–H groups in total. The molecule has 0 saturated carbocycles. The standard InChI is InChI=1S/C20H25N3O2/c1-4-8-18-14(2)21-23(15(18)3)20(25)17-11-19(24)22(13-17)12-16-9-6-5-7-10-16/h5-7,9-10,17H,4,8,11-13H2,1-3H3. The van der Waals surface area contributed by atoms with Crippen LogP contribution in [0.1, 0.15) is 47.1 Å². The maximum Gasteiger partial charge on any atom is 0.252 e. The fourth-order valence-electron chi connectivity index (χ4n) is 3.57. The Morgan fingerprint density at radius 1 is 1.24 bits per heavy atom. The fourth-order valence-corrected chi connectivity index (χ4v) is 3.57. The molecular weight excluding hydrogens is 314 g/mol. The maximum atomic E-state index is 12.9. The zero-order chi connectivity index (χ0) is 18.0. The quantitative estimate of drug-likeness (QED) is 0.841. The van der Waals surface area contributed by atoms with Gasteiger partial charge in [0.15, 0.2) is 0 Å². The third kappa shape index (κ3) is 3.50. The van der Waals surface area contributed by atoms with Crippen molar-refractivity contribution in [2.75, 3.05) is 6.54 Å². The van der Waals surface area contributed by atoms with Crippen LogP contribution in [0.25, 0.3) is 0 Å². The molecule has 1 aliphatic rings. The van der Waals surface area contributed by atoms with Gasteiger partial charge in [0.1, 0.15) is 0 Å². The van der Waals surface area contributed by atoms with Crippen molar-refractivity contribution < 1.29 is 9.59 Å². The second kappa shape index (κ2) is 7.21. The average molecular weight is 339 g/mol. The Labute approximate surface area is 148 Å². The predicted octanol–water partition coefficient (Wildman–Crippen LogP) is 3.14. The van der Waals surface area contributed by atoms with Crippen molar-refractivity contribution in [2.24, 2.45) is 5.92 Å². The summed E-state index contributed by atoms with van der Waals surface area (Å²) in [5.74, 6) is -0.340. The largest absolute Gasteiger partial charge is 0.338 e. The molecule has 0 spiro atoms. The first-order chi connectivity index (χ1) is 12.0. The fraction of sp³-hybridized carbons (Fsp3) is 0.450. The van der Waals surface area contributed by atoms with E-state index in [2.05, 4.69) is 12.0 Å². The predicted molar refractivity (Wildman–Crippen MR) is 96.3 cm³/mol. The molecule has 0 aliphatic carbocycles. The summed E-state index contributed by atoms with van der Waals surface area (Å²) < 4.78 is 1.52. The Kier molecular flexibility index (Phi) is 5.02. The van der Waals surface area contributed by atoms with E-state index in [1.165, 1.54) is 4.68 Å². The molecule has 1 aliphatic heterocycles. The highest BCUT2D eigenvalue weighted by Crippen LogP contribution is 2.24. The number of carbonyl (C=O) groups excluding carboxylic acids is 2. The summed E-state index contributed by atoms with van der Waals surface area (Å²) in [6.07, 6.45) is 2.22. The number of carbonyl (C=O) groups is 2. The van der Waals surface area contributed by atoms with Gasteiger partial charge >= 0.3 is 0 Å². The molecule has 3 rings (SSSR count). The van der Waals surface area contributed by atoms with Gasteiger partial charge in [0, 0.05) is 25.2 Å². The summed E-state index contributed by atoms with van der Waals surface area (Å²) >= 11 is 0. The number of nitrogens with zero attached hydrogens (tertiary/aromatic N) is 3. The lowest BCUT2D eigenvalue weighted by Crippen LogP contribution is -2.28. The Morgan fingerprint density at radius 2 is 1.96 bits per heavy atom. The Bertz CT molecular complexity index is 780. The third-order valence-electron chi connectivity index (χ3n) is 4.93. The summed E-state index contributed by atoms with van der Waals surface area (Å²) in [6.45, 7) is 7.04.